The molecule has 2 heterocycles. The van der Waals surface area contributed by atoms with Gasteiger partial charge >= 0.3 is 10.4 Å². The molecule has 0 aliphatic carbocycles. The van der Waals surface area contributed by atoms with Gasteiger partial charge in [-0.15, -0.1) is 0 Å². The smallest absolute Gasteiger partial charge is 0.388 e. The van der Waals surface area contributed by atoms with E-state index in [0.717, 1.165) is 0 Å². The van der Waals surface area contributed by atoms with Crippen LogP contribution in [-0.4, -0.2) is 104 Å². The number of hydrogen-bond acceptors (Lipinski definition) is 11. The Balaban J connectivity index is 2.29. The fraction of sp³-hybridized carbons (Fsp3) is 1.00. The predicted octanol–water partition coefficient (Wildman–Crippen LogP) is -4.13. The van der Waals surface area contributed by atoms with Gasteiger partial charge in [-0.3, -0.25) is 4.55 Å². The van der Waals surface area contributed by atoms with E-state index >= 15 is 0 Å². The van der Waals surface area contributed by atoms with E-state index in [2.05, 4.69) is 4.18 Å². The molecule has 0 bridgehead atoms. The van der Waals surface area contributed by atoms with Crippen LogP contribution in [0.25, 0.3) is 0 Å². The fourth-order valence-electron chi connectivity index (χ4n) is 3.04. The first kappa shape index (κ1) is 20.9. The van der Waals surface area contributed by atoms with Crippen LogP contribution in [0.5, 0.6) is 0 Å². The lowest BCUT2D eigenvalue weighted by Gasteiger charge is -2.52. The molecule has 0 amide bonds. The van der Waals surface area contributed by atoms with Crippen molar-refractivity contribution < 1.29 is 57.3 Å². The molecule has 13 heteroatoms. The Morgan fingerprint density at radius 3 is 2.00 bits per heavy atom. The normalized spacial score (nSPS) is 52.1. The predicted molar refractivity (Wildman–Crippen MR) is 76.3 cm³/mol. The van der Waals surface area contributed by atoms with Crippen LogP contribution in [0.4, 0.5) is 0 Å². The Morgan fingerprint density at radius 1 is 0.920 bits per heavy atom. The molecule has 12 nitrogen and oxygen atoms in total. The highest BCUT2D eigenvalue weighted by molar-refractivity contribution is 7.80. The standard InChI is InChI=1S/C12H22O12S/c1-3-5(13)6(14)7(15)11(22-3)12(18)10(17)8(16)9(4(2)23-12)24-25(19,20)21/h3-11,13-18H,1-2H3,(H,19,20,21)/t3-,4-,5+,6+,7-,8+,9+,10-,11?,12?/m0/s1. The summed E-state index contributed by atoms with van der Waals surface area (Å²) >= 11 is 0. The second-order valence-corrected chi connectivity index (χ2v) is 7.28. The van der Waals surface area contributed by atoms with Crippen LogP contribution in [0.2, 0.25) is 0 Å². The van der Waals surface area contributed by atoms with Crippen LogP contribution in [0.15, 0.2) is 0 Å². The summed E-state index contributed by atoms with van der Waals surface area (Å²) in [6, 6.07) is 0. The summed E-state index contributed by atoms with van der Waals surface area (Å²) < 4.78 is 45.0. The van der Waals surface area contributed by atoms with Crippen molar-refractivity contribution in [1.29, 1.82) is 0 Å². The van der Waals surface area contributed by atoms with Gasteiger partial charge in [0.25, 0.3) is 0 Å². The van der Waals surface area contributed by atoms with E-state index in [-0.39, 0.29) is 0 Å². The van der Waals surface area contributed by atoms with Gasteiger partial charge in [0.15, 0.2) is 0 Å². The van der Waals surface area contributed by atoms with Crippen LogP contribution in [0.3, 0.4) is 0 Å². The maximum absolute atomic E-state index is 10.8. The van der Waals surface area contributed by atoms with Crippen LogP contribution in [0.1, 0.15) is 13.8 Å². The lowest BCUT2D eigenvalue weighted by Crippen LogP contribution is -2.74. The molecule has 148 valence electrons. The van der Waals surface area contributed by atoms with Crippen molar-refractivity contribution in [2.75, 3.05) is 0 Å². The summed E-state index contributed by atoms with van der Waals surface area (Å²) in [4.78, 5) is 0. The minimum absolute atomic E-state index is 1.07. The van der Waals surface area contributed by atoms with Gasteiger partial charge in [0.1, 0.15) is 42.7 Å². The van der Waals surface area contributed by atoms with E-state index in [9.17, 15) is 39.1 Å². The molecule has 0 aromatic rings. The second-order valence-electron chi connectivity index (χ2n) is 6.23. The lowest BCUT2D eigenvalue weighted by molar-refractivity contribution is -0.399. The van der Waals surface area contributed by atoms with Gasteiger partial charge in [0.2, 0.25) is 5.79 Å². The molecule has 0 spiro atoms. The van der Waals surface area contributed by atoms with Gasteiger partial charge in [-0.25, -0.2) is 4.18 Å². The molecule has 2 fully saturated rings. The topological polar surface area (TPSA) is 203 Å². The Morgan fingerprint density at radius 2 is 1.48 bits per heavy atom. The number of rotatable bonds is 3. The van der Waals surface area contributed by atoms with Crippen molar-refractivity contribution in [2.24, 2.45) is 0 Å². The minimum Gasteiger partial charge on any atom is -0.388 e. The molecular formula is C12H22O12S. The molecule has 2 rings (SSSR count). The Hall–Kier alpha value is -0.450. The SMILES string of the molecule is C[C@@H]1OC(C2(O)O[C@@H](C)[C@@H](OS(=O)(=O)O)[C@@H](O)[C@@H]2O)[C@@H](O)[C@H](O)[C@@H]1O. The quantitative estimate of drug-likeness (QED) is 0.230. The molecule has 0 radical (unpaired) electrons. The Kier molecular flexibility index (Phi) is 5.79. The largest absolute Gasteiger partial charge is 0.397 e. The van der Waals surface area contributed by atoms with Gasteiger partial charge in [-0.2, -0.15) is 8.42 Å². The van der Waals surface area contributed by atoms with Gasteiger partial charge in [-0.05, 0) is 13.8 Å². The molecule has 2 aliphatic heterocycles. The van der Waals surface area contributed by atoms with E-state index in [1.807, 2.05) is 0 Å². The second kappa shape index (κ2) is 6.94. The highest BCUT2D eigenvalue weighted by Crippen LogP contribution is 2.38. The van der Waals surface area contributed by atoms with Crippen LogP contribution in [-0.2, 0) is 24.1 Å². The zero-order valence-electron chi connectivity index (χ0n) is 13.3. The van der Waals surface area contributed by atoms with E-state index < -0.39 is 71.1 Å². The zero-order chi connectivity index (χ0) is 19.3. The molecule has 2 saturated heterocycles. The first-order valence-electron chi connectivity index (χ1n) is 7.41. The number of ether oxygens (including phenoxy) is 2. The highest BCUT2D eigenvalue weighted by Gasteiger charge is 2.62. The van der Waals surface area contributed by atoms with Crippen molar-refractivity contribution in [3.05, 3.63) is 0 Å². The third kappa shape index (κ3) is 3.81. The van der Waals surface area contributed by atoms with E-state index in [4.69, 9.17) is 14.0 Å². The maximum atomic E-state index is 10.8. The molecule has 0 saturated carbocycles. The molecule has 25 heavy (non-hydrogen) atoms. The van der Waals surface area contributed by atoms with E-state index in [1.54, 1.807) is 0 Å². The van der Waals surface area contributed by atoms with Gasteiger partial charge in [0, 0.05) is 0 Å². The summed E-state index contributed by atoms with van der Waals surface area (Å²) in [5.74, 6) is -2.77. The maximum Gasteiger partial charge on any atom is 0.397 e. The van der Waals surface area contributed by atoms with E-state index in [0.29, 0.717) is 0 Å². The summed E-state index contributed by atoms with van der Waals surface area (Å²) in [6.07, 6.45) is -15.4. The first-order chi connectivity index (χ1) is 11.3. The average molecular weight is 390 g/mol. The molecular weight excluding hydrogens is 368 g/mol. The monoisotopic (exact) mass is 390 g/mol. The number of aliphatic hydroxyl groups excluding tert-OH is 5. The van der Waals surface area contributed by atoms with Crippen molar-refractivity contribution in [1.82, 2.24) is 0 Å². The van der Waals surface area contributed by atoms with Gasteiger partial charge in [0.05, 0.1) is 12.2 Å². The summed E-state index contributed by atoms with van der Waals surface area (Å²) in [7, 11) is -5.00. The Bertz CT molecular complexity index is 583. The minimum atomic E-state index is -5.00. The van der Waals surface area contributed by atoms with Crippen molar-refractivity contribution in [3.63, 3.8) is 0 Å². The Labute approximate surface area is 143 Å². The van der Waals surface area contributed by atoms with Crippen LogP contribution < -0.4 is 0 Å². The van der Waals surface area contributed by atoms with Crippen LogP contribution >= 0.6 is 0 Å². The van der Waals surface area contributed by atoms with Crippen molar-refractivity contribution in [2.45, 2.75) is 74.6 Å². The van der Waals surface area contributed by atoms with Gasteiger partial charge < -0.3 is 40.1 Å². The van der Waals surface area contributed by atoms with Crippen LogP contribution in [0, 0.1) is 0 Å². The lowest BCUT2D eigenvalue weighted by atomic mass is 9.83. The number of hydrogen-bond donors (Lipinski definition) is 7. The molecule has 7 N–H and O–H groups in total. The first-order valence-corrected chi connectivity index (χ1v) is 8.77. The van der Waals surface area contributed by atoms with Gasteiger partial charge in [-0.1, -0.05) is 0 Å². The number of aliphatic hydroxyl groups is 6. The molecule has 10 atom stereocenters. The summed E-state index contributed by atoms with van der Waals surface area (Å²) in [6.45, 7) is 2.50. The average Bonchev–Trinajstić information content (AvgIpc) is 2.50. The third-order valence-corrected chi connectivity index (χ3v) is 4.88. The molecule has 2 aliphatic rings. The summed E-state index contributed by atoms with van der Waals surface area (Å²) in [5, 5.41) is 60.4. The van der Waals surface area contributed by atoms with Crippen molar-refractivity contribution in [3.8, 4) is 0 Å². The molecule has 0 aromatic carbocycles. The highest BCUT2D eigenvalue weighted by atomic mass is 32.3. The van der Waals surface area contributed by atoms with E-state index in [1.165, 1.54) is 13.8 Å². The fourth-order valence-corrected chi connectivity index (χ4v) is 3.59. The van der Waals surface area contributed by atoms with Crippen molar-refractivity contribution >= 4 is 10.4 Å². The third-order valence-electron chi connectivity index (χ3n) is 4.41. The summed E-state index contributed by atoms with van der Waals surface area (Å²) in [5.41, 5.74) is 0. The molecule has 0 aromatic heterocycles. The molecule has 2 unspecified atom stereocenters. The zero-order valence-corrected chi connectivity index (χ0v) is 14.1.